The fourth-order valence-corrected chi connectivity index (χ4v) is 1.92. The van der Waals surface area contributed by atoms with Crippen molar-refractivity contribution < 1.29 is 4.39 Å². The van der Waals surface area contributed by atoms with Crippen LogP contribution in [0.5, 0.6) is 0 Å². The molecule has 3 heteroatoms. The van der Waals surface area contributed by atoms with Crippen LogP contribution < -0.4 is 5.32 Å². The maximum absolute atomic E-state index is 12.6. The SMILES string of the molecule is CCSCCCNCc1ccc(F)cc1. The van der Waals surface area contributed by atoms with Crippen molar-refractivity contribution in [1.29, 1.82) is 0 Å². The molecule has 84 valence electrons. The number of hydrogen-bond donors (Lipinski definition) is 1. The largest absolute Gasteiger partial charge is 0.313 e. The summed E-state index contributed by atoms with van der Waals surface area (Å²) in [5, 5.41) is 3.34. The molecule has 1 rings (SSSR count). The molecule has 0 aliphatic carbocycles. The van der Waals surface area contributed by atoms with Crippen LogP contribution in [0.3, 0.4) is 0 Å². The molecular weight excluding hydrogens is 209 g/mol. The summed E-state index contributed by atoms with van der Waals surface area (Å²) in [6.45, 7) is 4.04. The topological polar surface area (TPSA) is 12.0 Å². The molecule has 0 unspecified atom stereocenters. The van der Waals surface area contributed by atoms with Crippen LogP contribution >= 0.6 is 11.8 Å². The first kappa shape index (κ1) is 12.5. The standard InChI is InChI=1S/C12H18FNS/c1-2-15-9-3-8-14-10-11-4-6-12(13)7-5-11/h4-7,14H,2-3,8-10H2,1H3. The van der Waals surface area contributed by atoms with Crippen LogP contribution in [0.1, 0.15) is 18.9 Å². The number of halogens is 1. The van der Waals surface area contributed by atoms with Gasteiger partial charge in [0, 0.05) is 6.54 Å². The van der Waals surface area contributed by atoms with E-state index in [0.29, 0.717) is 0 Å². The predicted octanol–water partition coefficient (Wildman–Crippen LogP) is 3.06. The Labute approximate surface area is 95.5 Å². The summed E-state index contributed by atoms with van der Waals surface area (Å²) in [6.07, 6.45) is 1.19. The fraction of sp³-hybridized carbons (Fsp3) is 0.500. The van der Waals surface area contributed by atoms with E-state index in [1.807, 2.05) is 23.9 Å². The van der Waals surface area contributed by atoms with Crippen LogP contribution in [0.2, 0.25) is 0 Å². The van der Waals surface area contributed by atoms with Gasteiger partial charge in [-0.25, -0.2) is 4.39 Å². The average molecular weight is 227 g/mol. The van der Waals surface area contributed by atoms with Gasteiger partial charge in [0.2, 0.25) is 0 Å². The number of rotatable bonds is 7. The molecule has 15 heavy (non-hydrogen) atoms. The van der Waals surface area contributed by atoms with Crippen molar-refractivity contribution in [3.8, 4) is 0 Å². The Balaban J connectivity index is 2.07. The van der Waals surface area contributed by atoms with Gasteiger partial charge < -0.3 is 5.32 Å². The second-order valence-corrected chi connectivity index (χ2v) is 4.75. The van der Waals surface area contributed by atoms with E-state index in [2.05, 4.69) is 12.2 Å². The molecule has 0 aromatic heterocycles. The van der Waals surface area contributed by atoms with E-state index in [1.165, 1.54) is 30.1 Å². The lowest BCUT2D eigenvalue weighted by Crippen LogP contribution is -2.15. The van der Waals surface area contributed by atoms with Crippen LogP contribution in [0.25, 0.3) is 0 Å². The molecule has 0 heterocycles. The third-order valence-corrected chi connectivity index (χ3v) is 3.07. The van der Waals surface area contributed by atoms with Gasteiger partial charge in [-0.1, -0.05) is 19.1 Å². The predicted molar refractivity (Wildman–Crippen MR) is 65.7 cm³/mol. The van der Waals surface area contributed by atoms with E-state index in [9.17, 15) is 4.39 Å². The minimum atomic E-state index is -0.168. The molecule has 0 bridgehead atoms. The highest BCUT2D eigenvalue weighted by molar-refractivity contribution is 7.99. The van der Waals surface area contributed by atoms with Gasteiger partial charge in [0.1, 0.15) is 5.82 Å². The minimum absolute atomic E-state index is 0.168. The smallest absolute Gasteiger partial charge is 0.123 e. The molecule has 0 spiro atoms. The fourth-order valence-electron chi connectivity index (χ4n) is 1.28. The normalized spacial score (nSPS) is 10.5. The Morgan fingerprint density at radius 3 is 2.67 bits per heavy atom. The van der Waals surface area contributed by atoms with Gasteiger partial charge in [-0.2, -0.15) is 11.8 Å². The van der Waals surface area contributed by atoms with Crippen molar-refractivity contribution in [1.82, 2.24) is 5.32 Å². The highest BCUT2D eigenvalue weighted by atomic mass is 32.2. The Kier molecular flexibility index (Phi) is 6.44. The van der Waals surface area contributed by atoms with Crippen molar-refractivity contribution in [2.24, 2.45) is 0 Å². The second kappa shape index (κ2) is 7.71. The molecule has 0 amide bonds. The van der Waals surface area contributed by atoms with Crippen LogP contribution in [0, 0.1) is 5.82 Å². The van der Waals surface area contributed by atoms with E-state index >= 15 is 0 Å². The van der Waals surface area contributed by atoms with Crippen molar-refractivity contribution in [3.63, 3.8) is 0 Å². The van der Waals surface area contributed by atoms with E-state index in [0.717, 1.165) is 18.7 Å². The quantitative estimate of drug-likeness (QED) is 0.718. The van der Waals surface area contributed by atoms with E-state index in [-0.39, 0.29) is 5.82 Å². The number of nitrogens with one attached hydrogen (secondary N) is 1. The molecule has 0 aliphatic rings. The Morgan fingerprint density at radius 1 is 1.27 bits per heavy atom. The van der Waals surface area contributed by atoms with Gasteiger partial charge in [-0.3, -0.25) is 0 Å². The first-order valence-corrected chi connectivity index (χ1v) is 6.51. The monoisotopic (exact) mass is 227 g/mol. The average Bonchev–Trinajstić information content (AvgIpc) is 2.26. The third kappa shape index (κ3) is 5.80. The van der Waals surface area contributed by atoms with Gasteiger partial charge in [-0.05, 0) is 42.2 Å². The summed E-state index contributed by atoms with van der Waals surface area (Å²) in [6, 6.07) is 6.65. The van der Waals surface area contributed by atoms with Crippen LogP contribution in [0.4, 0.5) is 4.39 Å². The van der Waals surface area contributed by atoms with Gasteiger partial charge in [-0.15, -0.1) is 0 Å². The Morgan fingerprint density at radius 2 is 2.00 bits per heavy atom. The molecule has 1 nitrogen and oxygen atoms in total. The second-order valence-electron chi connectivity index (χ2n) is 3.35. The molecule has 0 saturated heterocycles. The van der Waals surface area contributed by atoms with Gasteiger partial charge >= 0.3 is 0 Å². The van der Waals surface area contributed by atoms with Crippen molar-refractivity contribution in [2.45, 2.75) is 19.9 Å². The first-order valence-electron chi connectivity index (χ1n) is 5.36. The Bertz CT molecular complexity index is 261. The lowest BCUT2D eigenvalue weighted by Gasteiger charge is -2.04. The molecule has 0 atom stereocenters. The van der Waals surface area contributed by atoms with Crippen molar-refractivity contribution in [2.75, 3.05) is 18.1 Å². The van der Waals surface area contributed by atoms with Crippen LogP contribution in [-0.4, -0.2) is 18.1 Å². The van der Waals surface area contributed by atoms with Gasteiger partial charge in [0.05, 0.1) is 0 Å². The zero-order chi connectivity index (χ0) is 10.9. The summed E-state index contributed by atoms with van der Waals surface area (Å²) in [5.41, 5.74) is 1.14. The minimum Gasteiger partial charge on any atom is -0.313 e. The maximum Gasteiger partial charge on any atom is 0.123 e. The number of hydrogen-bond acceptors (Lipinski definition) is 2. The van der Waals surface area contributed by atoms with E-state index in [4.69, 9.17) is 0 Å². The lowest BCUT2D eigenvalue weighted by atomic mass is 10.2. The van der Waals surface area contributed by atoms with Crippen LogP contribution in [0.15, 0.2) is 24.3 Å². The van der Waals surface area contributed by atoms with Gasteiger partial charge in [0.25, 0.3) is 0 Å². The molecular formula is C12H18FNS. The molecule has 1 N–H and O–H groups in total. The van der Waals surface area contributed by atoms with Crippen molar-refractivity contribution in [3.05, 3.63) is 35.6 Å². The van der Waals surface area contributed by atoms with E-state index < -0.39 is 0 Å². The summed E-state index contributed by atoms with van der Waals surface area (Å²) < 4.78 is 12.6. The maximum atomic E-state index is 12.6. The first-order chi connectivity index (χ1) is 7.33. The van der Waals surface area contributed by atoms with Gasteiger partial charge in [0.15, 0.2) is 0 Å². The molecule has 1 aromatic rings. The molecule has 0 radical (unpaired) electrons. The Hall–Kier alpha value is -0.540. The molecule has 1 aromatic carbocycles. The lowest BCUT2D eigenvalue weighted by molar-refractivity contribution is 0.624. The summed E-state index contributed by atoms with van der Waals surface area (Å²) in [7, 11) is 0. The number of thioether (sulfide) groups is 1. The number of benzene rings is 1. The summed E-state index contributed by atoms with van der Waals surface area (Å²) in [4.78, 5) is 0. The molecule has 0 saturated carbocycles. The van der Waals surface area contributed by atoms with E-state index in [1.54, 1.807) is 0 Å². The highest BCUT2D eigenvalue weighted by Crippen LogP contribution is 2.03. The summed E-state index contributed by atoms with van der Waals surface area (Å²) in [5.74, 6) is 2.24. The highest BCUT2D eigenvalue weighted by Gasteiger charge is 1.93. The van der Waals surface area contributed by atoms with Crippen molar-refractivity contribution >= 4 is 11.8 Å². The molecule has 0 fully saturated rings. The van der Waals surface area contributed by atoms with Crippen LogP contribution in [-0.2, 0) is 6.54 Å². The summed E-state index contributed by atoms with van der Waals surface area (Å²) >= 11 is 1.97. The zero-order valence-electron chi connectivity index (χ0n) is 9.13. The molecule has 0 aliphatic heterocycles. The third-order valence-electron chi connectivity index (χ3n) is 2.09. The zero-order valence-corrected chi connectivity index (χ0v) is 9.95.